The lowest BCUT2D eigenvalue weighted by atomic mass is 9.99. The number of aliphatic hydroxyl groups excluding tert-OH is 5. The number of aliphatic hydroxyl groups is 5. The van der Waals surface area contributed by atoms with Gasteiger partial charge in [0, 0.05) is 6.42 Å². The highest BCUT2D eigenvalue weighted by molar-refractivity contribution is 5.80. The minimum absolute atomic E-state index is 0.0980. The van der Waals surface area contributed by atoms with Crippen LogP contribution in [0, 0.1) is 0 Å². The average Bonchev–Trinajstić information content (AvgIpc) is 3.31. The van der Waals surface area contributed by atoms with Crippen LogP contribution in [-0.4, -0.2) is 99.6 Å². The Morgan fingerprint density at radius 2 is 1.09 bits per heavy atom. The SMILES string of the molecule is CC/C=C/C/C=C/C/C=C/CCCCCCC(=O)OC1C(OCC(NC(=O)C(O)CCCCCCCCCCCC)C(O)/C=C/CCCCCCCCCCCCC)OC(CO)C(O)C1O. The first-order valence-corrected chi connectivity index (χ1v) is 26.9. The minimum Gasteiger partial charge on any atom is -0.454 e. The van der Waals surface area contributed by atoms with Crippen molar-refractivity contribution < 1.29 is 49.3 Å². The maximum Gasteiger partial charge on any atom is 0.306 e. The summed E-state index contributed by atoms with van der Waals surface area (Å²) < 4.78 is 17.5. The quantitative estimate of drug-likeness (QED) is 0.0196. The molecule has 1 fully saturated rings. The van der Waals surface area contributed by atoms with E-state index in [1.54, 1.807) is 6.08 Å². The third-order valence-electron chi connectivity index (χ3n) is 12.5. The molecule has 6 N–H and O–H groups in total. The van der Waals surface area contributed by atoms with E-state index in [1.807, 2.05) is 6.08 Å². The molecule has 0 bridgehead atoms. The molecule has 0 aromatic rings. The molecule has 1 aliphatic rings. The predicted molar refractivity (Wildman–Crippen MR) is 269 cm³/mol. The Morgan fingerprint density at radius 3 is 1.64 bits per heavy atom. The summed E-state index contributed by atoms with van der Waals surface area (Å²) in [4.78, 5) is 26.3. The average molecular weight is 934 g/mol. The summed E-state index contributed by atoms with van der Waals surface area (Å²) >= 11 is 0. The second kappa shape index (κ2) is 43.9. The molecule has 0 spiro atoms. The van der Waals surface area contributed by atoms with Crippen LogP contribution in [0.1, 0.15) is 226 Å². The third-order valence-corrected chi connectivity index (χ3v) is 12.5. The van der Waals surface area contributed by atoms with Crippen LogP contribution in [0.15, 0.2) is 48.6 Å². The Labute approximate surface area is 402 Å². The predicted octanol–water partition coefficient (Wildman–Crippen LogP) is 11.3. The van der Waals surface area contributed by atoms with Gasteiger partial charge in [0.1, 0.15) is 24.4 Å². The highest BCUT2D eigenvalue weighted by Crippen LogP contribution is 2.26. The molecule has 8 unspecified atom stereocenters. The van der Waals surface area contributed by atoms with Gasteiger partial charge in [-0.25, -0.2) is 0 Å². The van der Waals surface area contributed by atoms with Crippen LogP contribution in [0.4, 0.5) is 0 Å². The number of nitrogens with one attached hydrogen (secondary N) is 1. The standard InChI is InChI=1S/C55H99NO10/c1-4-7-10-13-16-19-22-24-26-28-31-34-37-40-43-50(60)66-53-52(62)51(61)49(44-57)65-55(53)64-45-46(47(58)41-38-35-32-30-27-25-23-20-17-14-11-8-5-2)56-54(63)48(59)42-39-36-33-29-21-18-15-12-9-6-3/h7,10,16,19,24,26,38,41,46-49,51-53,55,57-59,61-62H,4-6,8-9,11-15,17-18,20-23,25,27-37,39-40,42-45H2,1-3H3,(H,56,63)/b10-7+,19-16+,26-24+,41-38+. The molecular weight excluding hydrogens is 835 g/mol. The van der Waals surface area contributed by atoms with E-state index in [0.717, 1.165) is 83.5 Å². The van der Waals surface area contributed by atoms with Crippen LogP contribution in [-0.2, 0) is 23.8 Å². The largest absolute Gasteiger partial charge is 0.454 e. The van der Waals surface area contributed by atoms with Gasteiger partial charge in [0.15, 0.2) is 12.4 Å². The number of esters is 1. The smallest absolute Gasteiger partial charge is 0.306 e. The fourth-order valence-electron chi connectivity index (χ4n) is 8.19. The number of carbonyl (C=O) groups excluding carboxylic acids is 2. The fraction of sp³-hybridized carbons (Fsp3) is 0.818. The Kier molecular flexibility index (Phi) is 41.0. The van der Waals surface area contributed by atoms with Crippen molar-refractivity contribution in [3.8, 4) is 0 Å². The van der Waals surface area contributed by atoms with Gasteiger partial charge in [0.05, 0.1) is 25.4 Å². The highest BCUT2D eigenvalue weighted by atomic mass is 16.7. The summed E-state index contributed by atoms with van der Waals surface area (Å²) in [5.41, 5.74) is 0. The molecule has 0 aliphatic carbocycles. The van der Waals surface area contributed by atoms with Crippen molar-refractivity contribution in [3.05, 3.63) is 48.6 Å². The molecule has 0 saturated carbocycles. The van der Waals surface area contributed by atoms with Gasteiger partial charge in [-0.3, -0.25) is 9.59 Å². The van der Waals surface area contributed by atoms with Gasteiger partial charge in [-0.1, -0.05) is 211 Å². The summed E-state index contributed by atoms with van der Waals surface area (Å²) in [5.74, 6) is -1.22. The molecule has 11 nitrogen and oxygen atoms in total. The highest BCUT2D eigenvalue weighted by Gasteiger charge is 2.47. The van der Waals surface area contributed by atoms with Crippen LogP contribution < -0.4 is 5.32 Å². The molecule has 1 heterocycles. The molecule has 0 aromatic carbocycles. The van der Waals surface area contributed by atoms with Crippen LogP contribution in [0.3, 0.4) is 0 Å². The van der Waals surface area contributed by atoms with Crippen molar-refractivity contribution >= 4 is 11.9 Å². The van der Waals surface area contributed by atoms with E-state index >= 15 is 0 Å². The number of amides is 1. The summed E-state index contributed by atoms with van der Waals surface area (Å²) in [6.45, 7) is 5.62. The number of hydrogen-bond donors (Lipinski definition) is 6. The second-order valence-corrected chi connectivity index (χ2v) is 18.6. The van der Waals surface area contributed by atoms with Gasteiger partial charge in [-0.15, -0.1) is 0 Å². The minimum atomic E-state index is -1.62. The summed E-state index contributed by atoms with van der Waals surface area (Å²) in [7, 11) is 0. The van der Waals surface area contributed by atoms with Crippen LogP contribution in [0.2, 0.25) is 0 Å². The maximum atomic E-state index is 13.3. The van der Waals surface area contributed by atoms with Gasteiger partial charge in [-0.05, 0) is 57.8 Å². The van der Waals surface area contributed by atoms with Gasteiger partial charge < -0.3 is 45.1 Å². The van der Waals surface area contributed by atoms with Crippen LogP contribution >= 0.6 is 0 Å². The van der Waals surface area contributed by atoms with Crippen molar-refractivity contribution in [1.82, 2.24) is 5.32 Å². The van der Waals surface area contributed by atoms with E-state index in [-0.39, 0.29) is 13.0 Å². The van der Waals surface area contributed by atoms with Gasteiger partial charge >= 0.3 is 5.97 Å². The molecule has 1 saturated heterocycles. The number of hydrogen-bond acceptors (Lipinski definition) is 10. The lowest BCUT2D eigenvalue weighted by Crippen LogP contribution is -2.61. The normalized spacial score (nSPS) is 20.5. The molecule has 0 radical (unpaired) electrons. The summed E-state index contributed by atoms with van der Waals surface area (Å²) in [5, 5.41) is 56.6. The number of carbonyl (C=O) groups is 2. The molecule has 8 atom stereocenters. The number of ether oxygens (including phenoxy) is 3. The van der Waals surface area contributed by atoms with Crippen molar-refractivity contribution in [3.63, 3.8) is 0 Å². The molecule has 66 heavy (non-hydrogen) atoms. The second-order valence-electron chi connectivity index (χ2n) is 18.6. The number of allylic oxidation sites excluding steroid dienone is 7. The topological polar surface area (TPSA) is 175 Å². The first-order chi connectivity index (χ1) is 32.2. The molecule has 11 heteroatoms. The first-order valence-electron chi connectivity index (χ1n) is 26.9. The Hall–Kier alpha value is -2.38. The summed E-state index contributed by atoms with van der Waals surface area (Å²) in [6, 6.07) is -1.02. The van der Waals surface area contributed by atoms with Crippen molar-refractivity contribution in [1.29, 1.82) is 0 Å². The van der Waals surface area contributed by atoms with Gasteiger partial charge in [-0.2, -0.15) is 0 Å². The van der Waals surface area contributed by atoms with E-state index < -0.39 is 67.4 Å². The third kappa shape index (κ3) is 32.4. The maximum absolute atomic E-state index is 13.3. The van der Waals surface area contributed by atoms with Crippen LogP contribution in [0.25, 0.3) is 0 Å². The van der Waals surface area contributed by atoms with Crippen LogP contribution in [0.5, 0.6) is 0 Å². The lowest BCUT2D eigenvalue weighted by Gasteiger charge is -2.41. The van der Waals surface area contributed by atoms with E-state index in [9.17, 15) is 35.1 Å². The Balaban J connectivity index is 2.78. The Morgan fingerprint density at radius 1 is 0.606 bits per heavy atom. The zero-order chi connectivity index (χ0) is 48.3. The van der Waals surface area contributed by atoms with Crippen molar-refractivity contribution in [2.45, 2.75) is 275 Å². The van der Waals surface area contributed by atoms with E-state index in [0.29, 0.717) is 19.3 Å². The first kappa shape index (κ1) is 61.6. The van der Waals surface area contributed by atoms with Gasteiger partial charge in [0.25, 0.3) is 0 Å². The number of unbranched alkanes of at least 4 members (excludes halogenated alkanes) is 24. The Bertz CT molecular complexity index is 1260. The lowest BCUT2D eigenvalue weighted by molar-refractivity contribution is -0.305. The molecule has 1 amide bonds. The molecule has 1 rings (SSSR count). The zero-order valence-corrected chi connectivity index (χ0v) is 42.1. The molecular formula is C55H99NO10. The zero-order valence-electron chi connectivity index (χ0n) is 42.1. The monoisotopic (exact) mass is 934 g/mol. The van der Waals surface area contributed by atoms with E-state index in [4.69, 9.17) is 14.2 Å². The van der Waals surface area contributed by atoms with Crippen molar-refractivity contribution in [2.75, 3.05) is 13.2 Å². The number of rotatable bonds is 44. The molecule has 384 valence electrons. The van der Waals surface area contributed by atoms with E-state index in [2.05, 4.69) is 62.5 Å². The fourth-order valence-corrected chi connectivity index (χ4v) is 8.19. The summed E-state index contributed by atoms with van der Waals surface area (Å²) in [6.07, 6.45) is 40.2. The van der Waals surface area contributed by atoms with E-state index in [1.165, 1.54) is 96.3 Å². The van der Waals surface area contributed by atoms with Gasteiger partial charge in [0.2, 0.25) is 5.91 Å². The van der Waals surface area contributed by atoms with Crippen molar-refractivity contribution in [2.24, 2.45) is 0 Å². The molecule has 1 aliphatic heterocycles. The molecule has 0 aromatic heterocycles.